The highest BCUT2D eigenvalue weighted by Gasteiger charge is 2.26. The number of fused-ring (bicyclic) bond motifs is 1. The van der Waals surface area contributed by atoms with Gasteiger partial charge in [0.15, 0.2) is 0 Å². The fourth-order valence-electron chi connectivity index (χ4n) is 2.31. The summed E-state index contributed by atoms with van der Waals surface area (Å²) in [6.45, 7) is 4.46. The number of alkyl halides is 3. The van der Waals surface area contributed by atoms with Crippen molar-refractivity contribution in [1.82, 2.24) is 5.32 Å². The number of hydrogen-bond acceptors (Lipinski definition) is 2. The topological polar surface area (TPSA) is 12.0 Å². The predicted molar refractivity (Wildman–Crippen MR) is 78.3 cm³/mol. The van der Waals surface area contributed by atoms with Gasteiger partial charge in [-0.2, -0.15) is 13.2 Å². The number of halogens is 3. The molecule has 0 aliphatic heterocycles. The van der Waals surface area contributed by atoms with Crippen LogP contribution in [0.25, 0.3) is 10.1 Å². The zero-order valence-corrected chi connectivity index (χ0v) is 12.4. The van der Waals surface area contributed by atoms with Crippen molar-refractivity contribution in [2.24, 2.45) is 0 Å². The fourth-order valence-corrected chi connectivity index (χ4v) is 3.54. The van der Waals surface area contributed by atoms with Crippen LogP contribution in [0.5, 0.6) is 0 Å². The number of hydrogen-bond donors (Lipinski definition) is 1. The van der Waals surface area contributed by atoms with Gasteiger partial charge in [-0.25, -0.2) is 0 Å². The molecule has 5 heteroatoms. The molecule has 0 amide bonds. The second kappa shape index (κ2) is 6.14. The van der Waals surface area contributed by atoms with Gasteiger partial charge in [-0.1, -0.05) is 18.2 Å². The minimum absolute atomic E-state index is 0.0839. The first-order chi connectivity index (χ1) is 9.38. The third-order valence-corrected chi connectivity index (χ3v) is 4.82. The first-order valence-electron chi connectivity index (χ1n) is 6.66. The largest absolute Gasteiger partial charge is 0.389 e. The Morgan fingerprint density at radius 3 is 2.60 bits per heavy atom. The summed E-state index contributed by atoms with van der Waals surface area (Å²) in [6, 6.07) is 8.26. The van der Waals surface area contributed by atoms with Crippen molar-refractivity contribution in [2.75, 3.05) is 6.54 Å². The lowest BCUT2D eigenvalue weighted by Gasteiger charge is -2.14. The lowest BCUT2D eigenvalue weighted by atomic mass is 10.1. The summed E-state index contributed by atoms with van der Waals surface area (Å²) in [5.74, 6) is 0. The van der Waals surface area contributed by atoms with E-state index < -0.39 is 12.6 Å². The lowest BCUT2D eigenvalue weighted by Crippen LogP contribution is -2.21. The molecule has 1 nitrogen and oxygen atoms in total. The Kier molecular flexibility index (Phi) is 4.70. The zero-order chi connectivity index (χ0) is 14.8. The average Bonchev–Trinajstić information content (AvgIpc) is 2.72. The van der Waals surface area contributed by atoms with E-state index in [2.05, 4.69) is 24.4 Å². The highest BCUT2D eigenvalue weighted by Crippen LogP contribution is 2.34. The van der Waals surface area contributed by atoms with Crippen LogP contribution in [0, 0.1) is 6.92 Å². The van der Waals surface area contributed by atoms with Gasteiger partial charge in [0.1, 0.15) is 0 Å². The number of nitrogens with one attached hydrogen (secondary N) is 1. The molecule has 0 spiro atoms. The maximum Gasteiger partial charge on any atom is 0.389 e. The molecular weight excluding hydrogens is 283 g/mol. The van der Waals surface area contributed by atoms with Crippen LogP contribution in [0.3, 0.4) is 0 Å². The first-order valence-corrected chi connectivity index (χ1v) is 7.48. The predicted octanol–water partition coefficient (Wildman–Crippen LogP) is 5.20. The Morgan fingerprint density at radius 2 is 1.95 bits per heavy atom. The van der Waals surface area contributed by atoms with Gasteiger partial charge in [0.2, 0.25) is 0 Å². The molecule has 0 bridgehead atoms. The van der Waals surface area contributed by atoms with E-state index in [1.807, 2.05) is 19.1 Å². The van der Waals surface area contributed by atoms with Crippen LogP contribution >= 0.6 is 11.3 Å². The van der Waals surface area contributed by atoms with Crippen molar-refractivity contribution < 1.29 is 13.2 Å². The Bertz CT molecular complexity index is 574. The number of rotatable bonds is 5. The third-order valence-electron chi connectivity index (χ3n) is 3.36. The maximum absolute atomic E-state index is 12.1. The van der Waals surface area contributed by atoms with E-state index in [1.165, 1.54) is 20.5 Å². The van der Waals surface area contributed by atoms with E-state index in [9.17, 15) is 13.2 Å². The summed E-state index contributed by atoms with van der Waals surface area (Å²) in [7, 11) is 0. The Labute approximate surface area is 120 Å². The molecule has 110 valence electrons. The van der Waals surface area contributed by atoms with Crippen molar-refractivity contribution in [3.05, 3.63) is 34.7 Å². The summed E-state index contributed by atoms with van der Waals surface area (Å²) in [5, 5.41) is 4.42. The number of thiophene rings is 1. The van der Waals surface area contributed by atoms with Crippen LogP contribution in [0.1, 0.15) is 36.2 Å². The van der Waals surface area contributed by atoms with Crippen LogP contribution in [0.15, 0.2) is 24.3 Å². The van der Waals surface area contributed by atoms with Crippen molar-refractivity contribution >= 4 is 21.4 Å². The van der Waals surface area contributed by atoms with Gasteiger partial charge in [-0.15, -0.1) is 11.3 Å². The number of aryl methyl sites for hydroxylation is 1. The lowest BCUT2D eigenvalue weighted by molar-refractivity contribution is -0.135. The molecule has 0 aliphatic rings. The molecule has 0 fully saturated rings. The van der Waals surface area contributed by atoms with Crippen LogP contribution < -0.4 is 5.32 Å². The standard InChI is InChI=1S/C15H18F3NS/c1-10-12-6-3-4-7-13(12)20-14(10)11(2)19-9-5-8-15(16,17)18/h3-4,6-7,11,19H,5,8-9H2,1-2H3. The van der Waals surface area contributed by atoms with Crippen molar-refractivity contribution in [3.63, 3.8) is 0 Å². The van der Waals surface area contributed by atoms with E-state index in [0.29, 0.717) is 6.54 Å². The van der Waals surface area contributed by atoms with E-state index >= 15 is 0 Å². The summed E-state index contributed by atoms with van der Waals surface area (Å²) >= 11 is 1.71. The van der Waals surface area contributed by atoms with E-state index in [4.69, 9.17) is 0 Å². The monoisotopic (exact) mass is 301 g/mol. The third kappa shape index (κ3) is 3.73. The molecular formula is C15H18F3NS. The molecule has 0 radical (unpaired) electrons. The Hall–Kier alpha value is -1.07. The Balaban J connectivity index is 1.97. The van der Waals surface area contributed by atoms with Crippen LogP contribution in [-0.4, -0.2) is 12.7 Å². The van der Waals surface area contributed by atoms with Crippen LogP contribution in [0.4, 0.5) is 13.2 Å². The van der Waals surface area contributed by atoms with Gasteiger partial charge >= 0.3 is 6.18 Å². The minimum Gasteiger partial charge on any atom is -0.309 e. The summed E-state index contributed by atoms with van der Waals surface area (Å²) < 4.78 is 37.5. The van der Waals surface area contributed by atoms with Gasteiger partial charge in [0, 0.05) is 22.0 Å². The zero-order valence-electron chi connectivity index (χ0n) is 11.6. The van der Waals surface area contributed by atoms with Gasteiger partial charge in [0.05, 0.1) is 0 Å². The van der Waals surface area contributed by atoms with Crippen molar-refractivity contribution in [3.8, 4) is 0 Å². The first kappa shape index (κ1) is 15.3. The molecule has 0 saturated heterocycles. The highest BCUT2D eigenvalue weighted by atomic mass is 32.1. The van der Waals surface area contributed by atoms with Gasteiger partial charge in [-0.3, -0.25) is 0 Å². The summed E-state index contributed by atoms with van der Waals surface area (Å²) in [5.41, 5.74) is 1.22. The second-order valence-electron chi connectivity index (χ2n) is 4.98. The van der Waals surface area contributed by atoms with Gasteiger partial charge in [-0.05, 0) is 43.8 Å². The van der Waals surface area contributed by atoms with Crippen molar-refractivity contribution in [2.45, 2.75) is 38.9 Å². The molecule has 1 aromatic heterocycles. The molecule has 0 aliphatic carbocycles. The highest BCUT2D eigenvalue weighted by molar-refractivity contribution is 7.19. The smallest absolute Gasteiger partial charge is 0.309 e. The molecule has 1 unspecified atom stereocenters. The molecule has 1 N–H and O–H groups in total. The average molecular weight is 301 g/mol. The van der Waals surface area contributed by atoms with E-state index in [1.54, 1.807) is 11.3 Å². The molecule has 1 atom stereocenters. The quantitative estimate of drug-likeness (QED) is 0.748. The van der Waals surface area contributed by atoms with Gasteiger partial charge in [0.25, 0.3) is 0 Å². The van der Waals surface area contributed by atoms with Crippen molar-refractivity contribution in [1.29, 1.82) is 0 Å². The summed E-state index contributed by atoms with van der Waals surface area (Å²) in [4.78, 5) is 1.21. The minimum atomic E-state index is -4.06. The van der Waals surface area contributed by atoms with Gasteiger partial charge < -0.3 is 5.32 Å². The molecule has 0 saturated carbocycles. The van der Waals surface area contributed by atoms with E-state index in [-0.39, 0.29) is 12.5 Å². The van der Waals surface area contributed by atoms with Crippen LogP contribution in [-0.2, 0) is 0 Å². The SMILES string of the molecule is Cc1c(C(C)NCCCC(F)(F)F)sc2ccccc12. The fraction of sp³-hybridized carbons (Fsp3) is 0.467. The normalized spacial score (nSPS) is 13.8. The molecule has 2 rings (SSSR count). The second-order valence-corrected chi connectivity index (χ2v) is 6.07. The molecule has 2 aromatic rings. The summed E-state index contributed by atoms with van der Waals surface area (Å²) in [6.07, 6.45) is -4.66. The maximum atomic E-state index is 12.1. The van der Waals surface area contributed by atoms with E-state index in [0.717, 1.165) is 0 Å². The molecule has 1 heterocycles. The molecule has 20 heavy (non-hydrogen) atoms. The molecule has 1 aromatic carbocycles. The van der Waals surface area contributed by atoms with Crippen LogP contribution in [0.2, 0.25) is 0 Å². The Morgan fingerprint density at radius 1 is 1.25 bits per heavy atom. The number of benzene rings is 1.